The van der Waals surface area contributed by atoms with Crippen molar-refractivity contribution in [3.8, 4) is 11.5 Å². The zero-order valence-electron chi connectivity index (χ0n) is 22.9. The van der Waals surface area contributed by atoms with Gasteiger partial charge in [0, 0.05) is 75.3 Å². The Bertz CT molecular complexity index is 2080. The number of anilines is 1. The monoisotopic (exact) mass is 625 g/mol. The Morgan fingerprint density at radius 1 is 0.810 bits per heavy atom. The molecule has 0 spiro atoms. The third-order valence-electron chi connectivity index (χ3n) is 9.47. The van der Waals surface area contributed by atoms with Crippen molar-refractivity contribution < 1.29 is 26.1 Å². The van der Waals surface area contributed by atoms with Gasteiger partial charge >= 0.3 is 0 Å². The van der Waals surface area contributed by atoms with Crippen LogP contribution < -0.4 is 24.8 Å². The van der Waals surface area contributed by atoms with Gasteiger partial charge in [0.25, 0.3) is 19.2 Å². The molecule has 1 N–H and O–H groups in total. The highest BCUT2D eigenvalue weighted by atomic mass is 35.7. The average molecular weight is 626 g/mol. The summed E-state index contributed by atoms with van der Waals surface area (Å²) in [5.41, 5.74) is 7.59. The molecular formula is C31H30ClN2O6S2+. The largest absolute Gasteiger partial charge is 0.455 e. The van der Waals surface area contributed by atoms with Crippen LogP contribution in [0.3, 0.4) is 0 Å². The van der Waals surface area contributed by atoms with Gasteiger partial charge in [-0.25, -0.2) is 13.0 Å². The van der Waals surface area contributed by atoms with E-state index in [1.165, 1.54) is 34.3 Å². The van der Waals surface area contributed by atoms with E-state index in [9.17, 15) is 21.4 Å². The second-order valence-corrected chi connectivity index (χ2v) is 15.9. The van der Waals surface area contributed by atoms with Crippen molar-refractivity contribution in [1.29, 1.82) is 0 Å². The molecule has 42 heavy (non-hydrogen) atoms. The lowest BCUT2D eigenvalue weighted by Gasteiger charge is -2.39. The van der Waals surface area contributed by atoms with Gasteiger partial charge in [0.1, 0.15) is 29.5 Å². The maximum absolute atomic E-state index is 12.9. The normalized spacial score (nSPS) is 19.0. The zero-order chi connectivity index (χ0) is 29.0. The van der Waals surface area contributed by atoms with Crippen molar-refractivity contribution >= 4 is 41.1 Å². The van der Waals surface area contributed by atoms with Crippen molar-refractivity contribution in [2.75, 3.05) is 31.1 Å². The lowest BCUT2D eigenvalue weighted by Crippen LogP contribution is -2.45. The molecule has 0 fully saturated rings. The Kier molecular flexibility index (Phi) is 5.90. The number of hydrogen-bond acceptors (Lipinski definition) is 6. The number of ether oxygens (including phenoxy) is 1. The first kappa shape index (κ1) is 26.7. The van der Waals surface area contributed by atoms with Crippen LogP contribution in [0.15, 0.2) is 40.1 Å². The number of nitrogens with zero attached hydrogens (tertiary/aromatic N) is 2. The molecule has 5 aliphatic rings. The van der Waals surface area contributed by atoms with Gasteiger partial charge in [0.05, 0.1) is 10.5 Å². The summed E-state index contributed by atoms with van der Waals surface area (Å²) in [6.45, 7) is 4.00. The summed E-state index contributed by atoms with van der Waals surface area (Å²) in [7, 11) is -3.46. The van der Waals surface area contributed by atoms with Crippen LogP contribution >= 0.6 is 10.7 Å². The van der Waals surface area contributed by atoms with Crippen molar-refractivity contribution in [1.82, 2.24) is 4.58 Å². The summed E-state index contributed by atoms with van der Waals surface area (Å²) in [5, 5.41) is 2.02. The van der Waals surface area contributed by atoms with Gasteiger partial charge < -0.3 is 9.64 Å². The molecule has 218 valence electrons. The lowest BCUT2D eigenvalue weighted by molar-refractivity contribution is 0.431. The minimum atomic E-state index is -4.83. The molecule has 0 aliphatic carbocycles. The van der Waals surface area contributed by atoms with Crippen LogP contribution in [0.4, 0.5) is 5.69 Å². The molecule has 8 rings (SSSR count). The number of rotatable bonds is 3. The number of benzene rings is 3. The predicted molar refractivity (Wildman–Crippen MR) is 160 cm³/mol. The molecule has 11 heteroatoms. The number of halogens is 1. The molecule has 0 saturated carbocycles. The smallest absolute Gasteiger partial charge is 0.295 e. The molecule has 5 heterocycles. The van der Waals surface area contributed by atoms with Crippen LogP contribution in [0.1, 0.15) is 59.1 Å². The molecule has 3 aromatic rings. The Balaban J connectivity index is 1.55. The molecule has 5 aliphatic heterocycles. The van der Waals surface area contributed by atoms with Crippen LogP contribution in [-0.2, 0) is 44.9 Å². The van der Waals surface area contributed by atoms with Crippen LogP contribution in [0.5, 0.6) is 11.5 Å². The molecular weight excluding hydrogens is 596 g/mol. The minimum absolute atomic E-state index is 0.235. The highest BCUT2D eigenvalue weighted by molar-refractivity contribution is 8.13. The van der Waals surface area contributed by atoms with Crippen molar-refractivity contribution in [2.24, 2.45) is 0 Å². The fourth-order valence-corrected chi connectivity index (χ4v) is 9.45. The summed E-state index contributed by atoms with van der Waals surface area (Å²) >= 11 is 0. The highest BCUT2D eigenvalue weighted by Crippen LogP contribution is 2.49. The Hall–Kier alpha value is -2.92. The Labute approximate surface area is 249 Å². The molecule has 0 unspecified atom stereocenters. The van der Waals surface area contributed by atoms with E-state index in [1.807, 2.05) is 0 Å². The lowest BCUT2D eigenvalue weighted by atomic mass is 9.82. The molecule has 0 aromatic heterocycles. The summed E-state index contributed by atoms with van der Waals surface area (Å²) in [6, 6.07) is 7.98. The molecule has 8 nitrogen and oxygen atoms in total. The quantitative estimate of drug-likeness (QED) is 0.212. The van der Waals surface area contributed by atoms with Gasteiger partial charge in [-0.3, -0.25) is 4.55 Å². The van der Waals surface area contributed by atoms with E-state index in [0.717, 1.165) is 117 Å². The van der Waals surface area contributed by atoms with Crippen molar-refractivity contribution in [3.63, 3.8) is 0 Å². The van der Waals surface area contributed by atoms with Crippen molar-refractivity contribution in [2.45, 2.75) is 61.2 Å². The fourth-order valence-electron chi connectivity index (χ4n) is 7.88. The van der Waals surface area contributed by atoms with Crippen LogP contribution in [0, 0.1) is 0 Å². The van der Waals surface area contributed by atoms with Gasteiger partial charge in [0.2, 0.25) is 5.36 Å². The van der Waals surface area contributed by atoms with E-state index in [0.29, 0.717) is 5.57 Å². The van der Waals surface area contributed by atoms with Gasteiger partial charge in [-0.1, -0.05) is 6.07 Å². The van der Waals surface area contributed by atoms with Crippen molar-refractivity contribution in [3.05, 3.63) is 74.3 Å². The number of fused-ring (bicyclic) bond motifs is 4. The van der Waals surface area contributed by atoms with E-state index < -0.39 is 24.1 Å². The van der Waals surface area contributed by atoms with Crippen LogP contribution in [-0.4, -0.2) is 47.6 Å². The molecule has 3 aromatic carbocycles. The zero-order valence-corrected chi connectivity index (χ0v) is 25.3. The van der Waals surface area contributed by atoms with E-state index in [1.54, 1.807) is 0 Å². The standard InChI is InChI=1S/C31H29ClN2O6S2/c32-41(35,36)20-9-10-21(26(17-20)42(37,38)39)27-24-15-18-5-1-11-33-13-3-7-22(28(18)33)30(24)40-31-23-8-4-14-34-12-2-6-19(29(23)34)16-25(27)31/h9-10,15-17H,1-8,11-14H2/p+1. The van der Waals surface area contributed by atoms with Gasteiger partial charge in [-0.15, -0.1) is 0 Å². The Morgan fingerprint density at radius 3 is 2.29 bits per heavy atom. The van der Waals surface area contributed by atoms with E-state index in [2.05, 4.69) is 21.6 Å². The molecule has 0 amide bonds. The van der Waals surface area contributed by atoms with Gasteiger partial charge in [-0.2, -0.15) is 8.42 Å². The molecule has 0 atom stereocenters. The molecule has 0 radical (unpaired) electrons. The molecule has 0 bridgehead atoms. The minimum Gasteiger partial charge on any atom is -0.455 e. The Morgan fingerprint density at radius 2 is 1.52 bits per heavy atom. The predicted octanol–water partition coefficient (Wildman–Crippen LogP) is 3.30. The first-order valence-corrected chi connectivity index (χ1v) is 18.3. The van der Waals surface area contributed by atoms with E-state index >= 15 is 0 Å². The summed E-state index contributed by atoms with van der Waals surface area (Å²) in [6.07, 6.45) is 7.58. The second-order valence-electron chi connectivity index (χ2n) is 11.9. The van der Waals surface area contributed by atoms with Crippen LogP contribution in [0.25, 0.3) is 5.57 Å². The summed E-state index contributed by atoms with van der Waals surface area (Å²) in [4.78, 5) is 1.57. The fraction of sp³-hybridized carbons (Fsp3) is 0.387. The second kappa shape index (κ2) is 9.29. The third-order valence-corrected chi connectivity index (χ3v) is 11.7. The van der Waals surface area contributed by atoms with Crippen LogP contribution in [0.2, 0.25) is 0 Å². The number of hydrogen-bond donors (Lipinski definition) is 1. The summed E-state index contributed by atoms with van der Waals surface area (Å²) < 4.78 is 70.0. The highest BCUT2D eigenvalue weighted by Gasteiger charge is 2.37. The SMILES string of the molecule is O=S(=O)(O)c1cc(S(=O)(=O)Cl)ccc1C1=c2cc3c4c(c2Oc2c1cc1c5c2CCCN5CCC1)CCC[N+]=4CCC3. The van der Waals surface area contributed by atoms with E-state index in [4.69, 9.17) is 15.4 Å². The maximum Gasteiger partial charge on any atom is 0.295 e. The first-order valence-electron chi connectivity index (χ1n) is 14.6. The number of aryl methyl sites for hydroxylation is 2. The third kappa shape index (κ3) is 3.98. The van der Waals surface area contributed by atoms with Gasteiger partial charge in [0.15, 0.2) is 0 Å². The van der Waals surface area contributed by atoms with E-state index in [-0.39, 0.29) is 10.5 Å². The maximum atomic E-state index is 12.9. The summed E-state index contributed by atoms with van der Waals surface area (Å²) in [5.74, 6) is 1.48. The average Bonchev–Trinajstić information content (AvgIpc) is 2.96. The topological polar surface area (TPSA) is 104 Å². The first-order chi connectivity index (χ1) is 20.1. The van der Waals surface area contributed by atoms with Gasteiger partial charge in [-0.05, 0) is 68.4 Å². The molecule has 0 saturated heterocycles.